The highest BCUT2D eigenvalue weighted by Gasteiger charge is 2.17. The number of rotatable bonds is 6. The molecule has 0 fully saturated rings. The SMILES string of the molecule is CC(C)CNC(=O)C(C)NC(=O)CNC(C)(C)C. The van der Waals surface area contributed by atoms with Crippen molar-refractivity contribution < 1.29 is 9.59 Å². The van der Waals surface area contributed by atoms with Crippen LogP contribution in [0, 0.1) is 5.92 Å². The molecule has 3 N–H and O–H groups in total. The Hall–Kier alpha value is -1.10. The Labute approximate surface area is 110 Å². The molecule has 106 valence electrons. The minimum absolute atomic E-state index is 0.111. The van der Waals surface area contributed by atoms with Crippen LogP contribution in [0.1, 0.15) is 41.5 Å². The molecule has 0 bridgehead atoms. The molecule has 0 heterocycles. The van der Waals surface area contributed by atoms with Gasteiger partial charge in [0.25, 0.3) is 0 Å². The van der Waals surface area contributed by atoms with Gasteiger partial charge in [-0.1, -0.05) is 13.8 Å². The van der Waals surface area contributed by atoms with Gasteiger partial charge >= 0.3 is 0 Å². The van der Waals surface area contributed by atoms with E-state index in [0.29, 0.717) is 12.5 Å². The first-order valence-electron chi connectivity index (χ1n) is 6.44. The maximum absolute atomic E-state index is 11.6. The summed E-state index contributed by atoms with van der Waals surface area (Å²) >= 11 is 0. The van der Waals surface area contributed by atoms with Crippen LogP contribution >= 0.6 is 0 Å². The third-order valence-electron chi connectivity index (χ3n) is 2.23. The predicted molar refractivity (Wildman–Crippen MR) is 73.2 cm³/mol. The van der Waals surface area contributed by atoms with E-state index in [2.05, 4.69) is 16.0 Å². The van der Waals surface area contributed by atoms with Crippen molar-refractivity contribution in [1.29, 1.82) is 0 Å². The van der Waals surface area contributed by atoms with Gasteiger partial charge in [-0.3, -0.25) is 9.59 Å². The summed E-state index contributed by atoms with van der Waals surface area (Å²) in [6.45, 7) is 12.5. The lowest BCUT2D eigenvalue weighted by Gasteiger charge is -2.21. The van der Waals surface area contributed by atoms with E-state index in [1.54, 1.807) is 6.92 Å². The maximum atomic E-state index is 11.6. The molecule has 5 nitrogen and oxygen atoms in total. The summed E-state index contributed by atoms with van der Waals surface area (Å²) in [5, 5.41) is 8.52. The molecule has 0 spiro atoms. The van der Waals surface area contributed by atoms with E-state index in [4.69, 9.17) is 0 Å². The van der Waals surface area contributed by atoms with Crippen LogP contribution in [0.25, 0.3) is 0 Å². The zero-order valence-corrected chi connectivity index (χ0v) is 12.4. The molecule has 1 atom stereocenters. The number of hydrogen-bond acceptors (Lipinski definition) is 3. The normalized spacial score (nSPS) is 13.3. The first kappa shape index (κ1) is 16.9. The van der Waals surface area contributed by atoms with E-state index in [-0.39, 0.29) is 23.9 Å². The summed E-state index contributed by atoms with van der Waals surface area (Å²) in [4.78, 5) is 23.2. The van der Waals surface area contributed by atoms with Gasteiger partial charge in [0, 0.05) is 12.1 Å². The van der Waals surface area contributed by atoms with Gasteiger partial charge in [0.05, 0.1) is 6.54 Å². The minimum Gasteiger partial charge on any atom is -0.354 e. The molecule has 2 amide bonds. The lowest BCUT2D eigenvalue weighted by atomic mass is 10.1. The Morgan fingerprint density at radius 2 is 1.67 bits per heavy atom. The largest absolute Gasteiger partial charge is 0.354 e. The van der Waals surface area contributed by atoms with Crippen LogP contribution in [0.4, 0.5) is 0 Å². The van der Waals surface area contributed by atoms with E-state index in [1.165, 1.54) is 0 Å². The van der Waals surface area contributed by atoms with Crippen LogP contribution in [0.2, 0.25) is 0 Å². The molecule has 0 aliphatic carbocycles. The van der Waals surface area contributed by atoms with Gasteiger partial charge in [0.2, 0.25) is 11.8 Å². The highest BCUT2D eigenvalue weighted by atomic mass is 16.2. The fourth-order valence-corrected chi connectivity index (χ4v) is 1.16. The first-order valence-corrected chi connectivity index (χ1v) is 6.44. The monoisotopic (exact) mass is 257 g/mol. The Morgan fingerprint density at radius 1 is 1.11 bits per heavy atom. The maximum Gasteiger partial charge on any atom is 0.242 e. The molecule has 0 saturated heterocycles. The summed E-state index contributed by atoms with van der Waals surface area (Å²) in [6.07, 6.45) is 0. The number of amides is 2. The topological polar surface area (TPSA) is 70.2 Å². The van der Waals surface area contributed by atoms with Gasteiger partial charge in [-0.05, 0) is 33.6 Å². The van der Waals surface area contributed by atoms with Crippen LogP contribution < -0.4 is 16.0 Å². The van der Waals surface area contributed by atoms with Gasteiger partial charge in [-0.25, -0.2) is 0 Å². The smallest absolute Gasteiger partial charge is 0.242 e. The Kier molecular flexibility index (Phi) is 6.91. The fourth-order valence-electron chi connectivity index (χ4n) is 1.16. The van der Waals surface area contributed by atoms with Crippen molar-refractivity contribution in [2.24, 2.45) is 5.92 Å². The second kappa shape index (κ2) is 7.36. The van der Waals surface area contributed by atoms with Crippen LogP contribution in [0.3, 0.4) is 0 Å². The number of carbonyl (C=O) groups is 2. The Morgan fingerprint density at radius 3 is 2.11 bits per heavy atom. The summed E-state index contributed by atoms with van der Waals surface area (Å²) < 4.78 is 0. The lowest BCUT2D eigenvalue weighted by molar-refractivity contribution is -0.128. The minimum atomic E-state index is -0.502. The number of carbonyl (C=O) groups excluding carboxylic acids is 2. The first-order chi connectivity index (χ1) is 8.11. The van der Waals surface area contributed by atoms with Crippen molar-refractivity contribution in [2.75, 3.05) is 13.1 Å². The van der Waals surface area contributed by atoms with Crippen molar-refractivity contribution in [1.82, 2.24) is 16.0 Å². The molecule has 0 radical (unpaired) electrons. The molecule has 0 aliphatic heterocycles. The lowest BCUT2D eigenvalue weighted by Crippen LogP contribution is -2.50. The summed E-state index contributed by atoms with van der Waals surface area (Å²) in [6, 6.07) is -0.502. The standard InChI is InChI=1S/C13H27N3O2/c1-9(2)7-14-12(18)10(3)16-11(17)8-15-13(4,5)6/h9-10,15H,7-8H2,1-6H3,(H,14,18)(H,16,17). The molecule has 5 heteroatoms. The molecule has 0 aromatic carbocycles. The van der Waals surface area contributed by atoms with E-state index >= 15 is 0 Å². The quantitative estimate of drug-likeness (QED) is 0.654. The molecule has 0 rings (SSSR count). The molecule has 0 aromatic heterocycles. The van der Waals surface area contributed by atoms with Crippen molar-refractivity contribution in [3.05, 3.63) is 0 Å². The van der Waals surface area contributed by atoms with Gasteiger partial charge in [0.1, 0.15) is 6.04 Å². The average molecular weight is 257 g/mol. The molecule has 0 aromatic rings. The van der Waals surface area contributed by atoms with Gasteiger partial charge in [-0.15, -0.1) is 0 Å². The van der Waals surface area contributed by atoms with Gasteiger partial charge in [0.15, 0.2) is 0 Å². The molecule has 0 saturated carbocycles. The highest BCUT2D eigenvalue weighted by Crippen LogP contribution is 1.97. The second-order valence-electron chi connectivity index (χ2n) is 6.03. The molecular formula is C13H27N3O2. The van der Waals surface area contributed by atoms with Gasteiger partial charge < -0.3 is 16.0 Å². The zero-order valence-electron chi connectivity index (χ0n) is 12.4. The number of nitrogens with one attached hydrogen (secondary N) is 3. The molecule has 1 unspecified atom stereocenters. The Bertz CT molecular complexity index is 282. The van der Waals surface area contributed by atoms with Crippen LogP contribution in [0.5, 0.6) is 0 Å². The molecular weight excluding hydrogens is 230 g/mol. The van der Waals surface area contributed by atoms with Crippen LogP contribution in [0.15, 0.2) is 0 Å². The predicted octanol–water partition coefficient (Wildman–Crippen LogP) is 0.651. The molecule has 18 heavy (non-hydrogen) atoms. The zero-order chi connectivity index (χ0) is 14.3. The average Bonchev–Trinajstić information content (AvgIpc) is 2.21. The van der Waals surface area contributed by atoms with E-state index in [1.807, 2.05) is 34.6 Å². The summed E-state index contributed by atoms with van der Waals surface area (Å²) in [5.41, 5.74) is -0.111. The highest BCUT2D eigenvalue weighted by molar-refractivity contribution is 5.87. The summed E-state index contributed by atoms with van der Waals surface area (Å²) in [5.74, 6) is 0.0874. The van der Waals surface area contributed by atoms with Crippen molar-refractivity contribution >= 4 is 11.8 Å². The number of hydrogen-bond donors (Lipinski definition) is 3. The Balaban J connectivity index is 3.96. The van der Waals surface area contributed by atoms with Crippen molar-refractivity contribution in [3.8, 4) is 0 Å². The van der Waals surface area contributed by atoms with Crippen molar-refractivity contribution in [3.63, 3.8) is 0 Å². The fraction of sp³-hybridized carbons (Fsp3) is 0.846. The second-order valence-corrected chi connectivity index (χ2v) is 6.03. The van der Waals surface area contributed by atoms with E-state index in [9.17, 15) is 9.59 Å². The third kappa shape index (κ3) is 8.98. The van der Waals surface area contributed by atoms with Crippen LogP contribution in [-0.4, -0.2) is 36.5 Å². The van der Waals surface area contributed by atoms with Crippen LogP contribution in [-0.2, 0) is 9.59 Å². The molecule has 0 aliphatic rings. The van der Waals surface area contributed by atoms with E-state index < -0.39 is 6.04 Å². The summed E-state index contributed by atoms with van der Waals surface area (Å²) in [7, 11) is 0. The van der Waals surface area contributed by atoms with Crippen molar-refractivity contribution in [2.45, 2.75) is 53.1 Å². The third-order valence-corrected chi connectivity index (χ3v) is 2.23. The van der Waals surface area contributed by atoms with E-state index in [0.717, 1.165) is 0 Å². The van der Waals surface area contributed by atoms with Gasteiger partial charge in [-0.2, -0.15) is 0 Å².